The van der Waals surface area contributed by atoms with Gasteiger partial charge in [-0.15, -0.1) is 0 Å². The van der Waals surface area contributed by atoms with Crippen LogP contribution >= 0.6 is 0 Å². The zero-order valence-electron chi connectivity index (χ0n) is 29.0. The van der Waals surface area contributed by atoms with Crippen molar-refractivity contribution in [3.05, 3.63) is 180 Å². The van der Waals surface area contributed by atoms with Crippen LogP contribution in [0, 0.1) is 0 Å². The Bertz CT molecular complexity index is 2690. The lowest BCUT2D eigenvalue weighted by atomic mass is 9.78. The van der Waals surface area contributed by atoms with Crippen molar-refractivity contribution >= 4 is 21.5 Å². The van der Waals surface area contributed by atoms with Crippen LogP contribution in [-0.2, 0) is 10.8 Å². The molecule has 0 bridgehead atoms. The first-order chi connectivity index (χ1) is 24.3. The van der Waals surface area contributed by atoms with Gasteiger partial charge in [0, 0.05) is 10.8 Å². The van der Waals surface area contributed by atoms with E-state index in [0.29, 0.717) is 0 Å². The fourth-order valence-electron chi connectivity index (χ4n) is 9.01. The molecule has 0 saturated carbocycles. The van der Waals surface area contributed by atoms with Crippen LogP contribution in [0.1, 0.15) is 49.9 Å². The molecule has 0 heteroatoms. The van der Waals surface area contributed by atoms with Crippen LogP contribution in [0.2, 0.25) is 0 Å². The molecule has 238 valence electrons. The molecule has 8 aromatic rings. The van der Waals surface area contributed by atoms with Gasteiger partial charge in [0.15, 0.2) is 0 Å². The molecule has 0 amide bonds. The Morgan fingerprint density at radius 3 is 1.28 bits per heavy atom. The van der Waals surface area contributed by atoms with Crippen molar-refractivity contribution in [2.75, 3.05) is 0 Å². The maximum absolute atomic E-state index is 2.53. The first kappa shape index (κ1) is 29.2. The van der Waals surface area contributed by atoms with E-state index in [2.05, 4.69) is 185 Å². The van der Waals surface area contributed by atoms with Gasteiger partial charge in [-0.05, 0) is 142 Å². The summed E-state index contributed by atoms with van der Waals surface area (Å²) in [5.74, 6) is 0. The van der Waals surface area contributed by atoms with Gasteiger partial charge in [0.05, 0.1) is 0 Å². The molecule has 0 nitrogen and oxygen atoms in total. The Morgan fingerprint density at radius 2 is 0.680 bits per heavy atom. The van der Waals surface area contributed by atoms with Crippen LogP contribution in [0.5, 0.6) is 0 Å². The van der Waals surface area contributed by atoms with E-state index in [1.807, 2.05) is 0 Å². The summed E-state index contributed by atoms with van der Waals surface area (Å²) in [5, 5.41) is 5.10. The van der Waals surface area contributed by atoms with Crippen LogP contribution in [0.15, 0.2) is 158 Å². The van der Waals surface area contributed by atoms with Crippen LogP contribution in [0.3, 0.4) is 0 Å². The average molecular weight is 639 g/mol. The molecule has 0 radical (unpaired) electrons. The van der Waals surface area contributed by atoms with E-state index < -0.39 is 0 Å². The molecular weight excluding hydrogens is 601 g/mol. The minimum absolute atomic E-state index is 0.102. The first-order valence-corrected chi connectivity index (χ1v) is 17.8. The monoisotopic (exact) mass is 638 g/mol. The first-order valence-electron chi connectivity index (χ1n) is 17.8. The zero-order chi connectivity index (χ0) is 33.8. The third kappa shape index (κ3) is 4.18. The number of rotatable bonds is 3. The molecule has 10 rings (SSSR count). The summed E-state index contributed by atoms with van der Waals surface area (Å²) in [6.45, 7) is 9.64. The third-order valence-electron chi connectivity index (χ3n) is 11.8. The molecule has 0 unspecified atom stereocenters. The van der Waals surface area contributed by atoms with Crippen molar-refractivity contribution in [3.8, 4) is 55.6 Å². The van der Waals surface area contributed by atoms with Crippen LogP contribution in [0.25, 0.3) is 77.2 Å². The summed E-state index contributed by atoms with van der Waals surface area (Å²) in [4.78, 5) is 0. The van der Waals surface area contributed by atoms with Crippen molar-refractivity contribution in [3.63, 3.8) is 0 Å². The molecule has 0 fully saturated rings. The summed E-state index contributed by atoms with van der Waals surface area (Å²) >= 11 is 0. The summed E-state index contributed by atoms with van der Waals surface area (Å²) < 4.78 is 0. The molecule has 8 aromatic carbocycles. The van der Waals surface area contributed by atoms with E-state index in [0.717, 1.165) is 0 Å². The summed E-state index contributed by atoms with van der Waals surface area (Å²) in [6, 6.07) is 59.2. The minimum Gasteiger partial charge on any atom is -0.0622 e. The van der Waals surface area contributed by atoms with Gasteiger partial charge in [-0.2, -0.15) is 0 Å². The molecule has 0 aromatic heterocycles. The fourth-order valence-corrected chi connectivity index (χ4v) is 9.01. The van der Waals surface area contributed by atoms with E-state index in [1.54, 1.807) is 0 Å². The molecule has 0 spiro atoms. The lowest BCUT2D eigenvalue weighted by molar-refractivity contribution is 0.652. The van der Waals surface area contributed by atoms with E-state index in [9.17, 15) is 0 Å². The van der Waals surface area contributed by atoms with Gasteiger partial charge in [0.2, 0.25) is 0 Å². The van der Waals surface area contributed by atoms with E-state index in [-0.39, 0.29) is 10.8 Å². The topological polar surface area (TPSA) is 0 Å². The molecule has 50 heavy (non-hydrogen) atoms. The number of hydrogen-bond acceptors (Lipinski definition) is 0. The Balaban J connectivity index is 1.09. The lowest BCUT2D eigenvalue weighted by Crippen LogP contribution is -2.17. The van der Waals surface area contributed by atoms with Crippen molar-refractivity contribution in [1.29, 1.82) is 0 Å². The Kier molecular flexibility index (Phi) is 6.07. The highest BCUT2D eigenvalue weighted by Crippen LogP contribution is 2.57. The molecule has 0 aliphatic heterocycles. The molecule has 2 aliphatic rings. The molecule has 0 atom stereocenters. The quantitative estimate of drug-likeness (QED) is 0.181. The average Bonchev–Trinajstić information content (AvgIpc) is 3.51. The highest BCUT2D eigenvalue weighted by molar-refractivity contribution is 5.98. The predicted octanol–water partition coefficient (Wildman–Crippen LogP) is 13.6. The van der Waals surface area contributed by atoms with Crippen LogP contribution in [-0.4, -0.2) is 0 Å². The summed E-state index contributed by atoms with van der Waals surface area (Å²) in [5.41, 5.74) is 18.6. The Labute approximate surface area is 294 Å². The maximum atomic E-state index is 2.53. The predicted molar refractivity (Wildman–Crippen MR) is 213 cm³/mol. The molecular formula is C50H38. The lowest BCUT2D eigenvalue weighted by Gasteiger charge is -2.24. The second kappa shape index (κ2) is 10.4. The number of fused-ring (bicyclic) bond motifs is 8. The van der Waals surface area contributed by atoms with Gasteiger partial charge < -0.3 is 0 Å². The zero-order valence-corrected chi connectivity index (χ0v) is 29.0. The summed E-state index contributed by atoms with van der Waals surface area (Å²) in [6.07, 6.45) is 0. The van der Waals surface area contributed by atoms with E-state index in [4.69, 9.17) is 0 Å². The van der Waals surface area contributed by atoms with E-state index >= 15 is 0 Å². The van der Waals surface area contributed by atoms with E-state index in [1.165, 1.54) is 99.4 Å². The standard InChI is InChI=1S/C50H38/c1-49(2)45-27-37(36-19-18-31-12-8-9-15-33(31)24-36)20-22-39(45)43-29-48-44(30-47(43)49)40-23-21-38(28-46(40)50(48,3)4)42-26-35-17-11-10-16-34(35)25-41(42)32-13-6-5-7-14-32/h5-30H,1-4H3. The van der Waals surface area contributed by atoms with Crippen molar-refractivity contribution in [1.82, 2.24) is 0 Å². The van der Waals surface area contributed by atoms with Gasteiger partial charge >= 0.3 is 0 Å². The van der Waals surface area contributed by atoms with Gasteiger partial charge in [0.1, 0.15) is 0 Å². The normalized spacial score (nSPS) is 14.7. The van der Waals surface area contributed by atoms with Gasteiger partial charge in [0.25, 0.3) is 0 Å². The summed E-state index contributed by atoms with van der Waals surface area (Å²) in [7, 11) is 0. The molecule has 2 aliphatic carbocycles. The highest BCUT2D eigenvalue weighted by atomic mass is 14.4. The highest BCUT2D eigenvalue weighted by Gasteiger charge is 2.42. The van der Waals surface area contributed by atoms with Crippen molar-refractivity contribution in [2.24, 2.45) is 0 Å². The maximum Gasteiger partial charge on any atom is 0.0159 e. The van der Waals surface area contributed by atoms with Crippen LogP contribution in [0.4, 0.5) is 0 Å². The van der Waals surface area contributed by atoms with Gasteiger partial charge in [-0.3, -0.25) is 0 Å². The van der Waals surface area contributed by atoms with Crippen LogP contribution < -0.4 is 0 Å². The smallest absolute Gasteiger partial charge is 0.0159 e. The molecule has 0 saturated heterocycles. The Morgan fingerprint density at radius 1 is 0.260 bits per heavy atom. The van der Waals surface area contributed by atoms with Gasteiger partial charge in [-0.25, -0.2) is 0 Å². The SMILES string of the molecule is CC1(C)c2cc(-c3ccc4ccccc4c3)ccc2-c2cc3c(cc21)-c1ccc(-c2cc4ccccc4cc2-c2ccccc2)cc1C3(C)C. The second-order valence-corrected chi connectivity index (χ2v) is 15.4. The number of hydrogen-bond donors (Lipinski definition) is 0. The fraction of sp³-hybridized carbons (Fsp3) is 0.120. The second-order valence-electron chi connectivity index (χ2n) is 15.4. The molecule has 0 heterocycles. The minimum atomic E-state index is -0.128. The van der Waals surface area contributed by atoms with Gasteiger partial charge in [-0.1, -0.05) is 143 Å². The number of benzene rings is 8. The third-order valence-corrected chi connectivity index (χ3v) is 11.8. The largest absolute Gasteiger partial charge is 0.0622 e. The van der Waals surface area contributed by atoms with Crippen molar-refractivity contribution in [2.45, 2.75) is 38.5 Å². The Hall–Kier alpha value is -5.72. The van der Waals surface area contributed by atoms with Crippen molar-refractivity contribution < 1.29 is 0 Å². The molecule has 0 N–H and O–H groups in total.